The molecule has 126 valence electrons. The average molecular weight is 334 g/mol. The number of hydrogen-bond donors (Lipinski definition) is 1. The number of aryl methyl sites for hydroxylation is 1. The summed E-state index contributed by atoms with van der Waals surface area (Å²) in [4.78, 5) is 17.1. The third kappa shape index (κ3) is 2.89. The molecule has 4 rings (SSSR count). The van der Waals surface area contributed by atoms with Crippen molar-refractivity contribution in [2.75, 3.05) is 5.32 Å². The van der Waals surface area contributed by atoms with E-state index in [-0.39, 0.29) is 11.9 Å². The number of rotatable bonds is 4. The molecular formula is C20H18N2O3. The molecule has 0 atom stereocenters. The second-order valence-electron chi connectivity index (χ2n) is 5.98. The number of ether oxygens (including phenoxy) is 1. The van der Waals surface area contributed by atoms with Crippen LogP contribution in [0.15, 0.2) is 59.1 Å². The molecule has 1 N–H and O–H groups in total. The number of carbonyl (C=O) groups is 1. The first-order valence-electron chi connectivity index (χ1n) is 8.37. The van der Waals surface area contributed by atoms with Crippen molar-refractivity contribution in [2.24, 2.45) is 0 Å². The van der Waals surface area contributed by atoms with E-state index in [0.717, 1.165) is 29.7 Å². The Morgan fingerprint density at radius 2 is 1.72 bits per heavy atom. The standard InChI is InChI=1S/C20H18N2O3/c1-2-7-13-12-21-20(24-13)22-19(23)18-14-8-3-5-10-16(14)25-17-11-6-4-9-15(17)18/h3-6,8-12,18H,2,7H2,1H3,(H,21,22,23). The molecule has 0 unspecified atom stereocenters. The number of nitrogens with zero attached hydrogens (tertiary/aromatic N) is 1. The molecule has 0 saturated carbocycles. The molecule has 0 radical (unpaired) electrons. The molecular weight excluding hydrogens is 316 g/mol. The van der Waals surface area contributed by atoms with Crippen LogP contribution in [-0.2, 0) is 11.2 Å². The van der Waals surface area contributed by atoms with Crippen molar-refractivity contribution < 1.29 is 13.9 Å². The highest BCUT2D eigenvalue weighted by Gasteiger charge is 2.33. The van der Waals surface area contributed by atoms with Gasteiger partial charge in [-0.2, -0.15) is 0 Å². The molecule has 1 amide bonds. The van der Waals surface area contributed by atoms with Crippen LogP contribution in [0.5, 0.6) is 11.5 Å². The van der Waals surface area contributed by atoms with Crippen molar-refractivity contribution in [2.45, 2.75) is 25.7 Å². The summed E-state index contributed by atoms with van der Waals surface area (Å²) in [5.41, 5.74) is 1.66. The van der Waals surface area contributed by atoms with Gasteiger partial charge in [-0.05, 0) is 18.6 Å². The summed E-state index contributed by atoms with van der Waals surface area (Å²) in [6.45, 7) is 2.07. The van der Waals surface area contributed by atoms with Crippen LogP contribution in [0.3, 0.4) is 0 Å². The summed E-state index contributed by atoms with van der Waals surface area (Å²) < 4.78 is 11.5. The highest BCUT2D eigenvalue weighted by atomic mass is 16.5. The van der Waals surface area contributed by atoms with E-state index >= 15 is 0 Å². The predicted octanol–water partition coefficient (Wildman–Crippen LogP) is 4.50. The van der Waals surface area contributed by atoms with Crippen molar-refractivity contribution >= 4 is 11.9 Å². The van der Waals surface area contributed by atoms with E-state index in [1.807, 2.05) is 48.5 Å². The number of oxazole rings is 1. The summed E-state index contributed by atoms with van der Waals surface area (Å²) in [5, 5.41) is 2.80. The normalized spacial score (nSPS) is 12.8. The Morgan fingerprint density at radius 1 is 1.08 bits per heavy atom. The summed E-state index contributed by atoms with van der Waals surface area (Å²) in [5.74, 6) is 1.50. The van der Waals surface area contributed by atoms with E-state index in [2.05, 4.69) is 17.2 Å². The van der Waals surface area contributed by atoms with Gasteiger partial charge in [0, 0.05) is 17.5 Å². The van der Waals surface area contributed by atoms with Gasteiger partial charge in [0.2, 0.25) is 5.91 Å². The van der Waals surface area contributed by atoms with Crippen LogP contribution in [0.2, 0.25) is 0 Å². The van der Waals surface area contributed by atoms with Crippen LogP contribution in [0, 0.1) is 0 Å². The fourth-order valence-electron chi connectivity index (χ4n) is 3.10. The molecule has 5 heteroatoms. The Kier molecular flexibility index (Phi) is 3.98. The molecule has 0 saturated heterocycles. The maximum atomic E-state index is 13.0. The van der Waals surface area contributed by atoms with Gasteiger partial charge in [0.1, 0.15) is 17.3 Å². The maximum Gasteiger partial charge on any atom is 0.301 e. The van der Waals surface area contributed by atoms with Crippen molar-refractivity contribution in [3.8, 4) is 11.5 Å². The number of para-hydroxylation sites is 2. The first-order valence-corrected chi connectivity index (χ1v) is 8.37. The molecule has 25 heavy (non-hydrogen) atoms. The lowest BCUT2D eigenvalue weighted by Crippen LogP contribution is -2.25. The van der Waals surface area contributed by atoms with E-state index in [1.54, 1.807) is 6.20 Å². The fraction of sp³-hybridized carbons (Fsp3) is 0.200. The number of nitrogens with one attached hydrogen (secondary N) is 1. The molecule has 3 aromatic rings. The van der Waals surface area contributed by atoms with Crippen LogP contribution in [0.4, 0.5) is 6.01 Å². The lowest BCUT2D eigenvalue weighted by molar-refractivity contribution is -0.117. The van der Waals surface area contributed by atoms with Crippen LogP contribution in [-0.4, -0.2) is 10.9 Å². The van der Waals surface area contributed by atoms with Gasteiger partial charge in [-0.15, -0.1) is 0 Å². The van der Waals surface area contributed by atoms with Crippen molar-refractivity contribution in [3.05, 3.63) is 71.6 Å². The number of anilines is 1. The quantitative estimate of drug-likeness (QED) is 0.763. The molecule has 0 fully saturated rings. The Hall–Kier alpha value is -3.08. The second kappa shape index (κ2) is 6.43. The largest absolute Gasteiger partial charge is 0.457 e. The van der Waals surface area contributed by atoms with Gasteiger partial charge in [-0.1, -0.05) is 43.3 Å². The first-order chi connectivity index (χ1) is 12.3. The van der Waals surface area contributed by atoms with Crippen LogP contribution in [0.1, 0.15) is 36.1 Å². The van der Waals surface area contributed by atoms with E-state index in [0.29, 0.717) is 11.5 Å². The number of carbonyl (C=O) groups excluding carboxylic acids is 1. The number of hydrogen-bond acceptors (Lipinski definition) is 4. The Balaban J connectivity index is 1.67. The van der Waals surface area contributed by atoms with Gasteiger partial charge < -0.3 is 9.15 Å². The van der Waals surface area contributed by atoms with Gasteiger partial charge in [0.25, 0.3) is 0 Å². The third-order valence-corrected chi connectivity index (χ3v) is 4.22. The molecule has 1 aliphatic heterocycles. The Morgan fingerprint density at radius 3 is 2.36 bits per heavy atom. The Bertz CT molecular complexity index is 871. The lowest BCUT2D eigenvalue weighted by atomic mass is 9.87. The molecule has 1 aromatic heterocycles. The molecule has 0 aliphatic carbocycles. The highest BCUT2D eigenvalue weighted by molar-refractivity contribution is 5.98. The zero-order valence-corrected chi connectivity index (χ0v) is 13.9. The van der Waals surface area contributed by atoms with Crippen molar-refractivity contribution in [1.82, 2.24) is 4.98 Å². The van der Waals surface area contributed by atoms with Crippen LogP contribution >= 0.6 is 0 Å². The summed E-state index contributed by atoms with van der Waals surface area (Å²) in [6, 6.07) is 15.4. The summed E-state index contributed by atoms with van der Waals surface area (Å²) >= 11 is 0. The zero-order valence-electron chi connectivity index (χ0n) is 13.9. The Labute approximate surface area is 145 Å². The van der Waals surface area contributed by atoms with Gasteiger partial charge in [0.05, 0.1) is 12.1 Å². The van der Waals surface area contributed by atoms with Gasteiger partial charge >= 0.3 is 6.01 Å². The van der Waals surface area contributed by atoms with E-state index < -0.39 is 5.92 Å². The van der Waals surface area contributed by atoms with Gasteiger partial charge in [-0.25, -0.2) is 4.98 Å². The second-order valence-corrected chi connectivity index (χ2v) is 5.98. The molecule has 0 bridgehead atoms. The van der Waals surface area contributed by atoms with E-state index in [1.165, 1.54) is 0 Å². The minimum atomic E-state index is -0.470. The molecule has 5 nitrogen and oxygen atoms in total. The number of aromatic nitrogens is 1. The number of fused-ring (bicyclic) bond motifs is 2. The number of benzene rings is 2. The van der Waals surface area contributed by atoms with Gasteiger partial charge in [0.15, 0.2) is 0 Å². The molecule has 2 heterocycles. The van der Waals surface area contributed by atoms with Crippen molar-refractivity contribution in [3.63, 3.8) is 0 Å². The first kappa shape index (κ1) is 15.4. The minimum Gasteiger partial charge on any atom is -0.457 e. The smallest absolute Gasteiger partial charge is 0.301 e. The van der Waals surface area contributed by atoms with E-state index in [9.17, 15) is 4.79 Å². The zero-order chi connectivity index (χ0) is 17.2. The molecule has 1 aliphatic rings. The fourth-order valence-corrected chi connectivity index (χ4v) is 3.10. The van der Waals surface area contributed by atoms with E-state index in [4.69, 9.17) is 9.15 Å². The lowest BCUT2D eigenvalue weighted by Gasteiger charge is -2.26. The molecule has 2 aromatic carbocycles. The van der Waals surface area contributed by atoms with Gasteiger partial charge in [-0.3, -0.25) is 10.1 Å². The SMILES string of the molecule is CCCc1cnc(NC(=O)C2c3ccccc3Oc3ccccc32)o1. The van der Waals surface area contributed by atoms with Crippen LogP contribution in [0.25, 0.3) is 0 Å². The van der Waals surface area contributed by atoms with Crippen molar-refractivity contribution in [1.29, 1.82) is 0 Å². The summed E-state index contributed by atoms with van der Waals surface area (Å²) in [7, 11) is 0. The monoisotopic (exact) mass is 334 g/mol. The third-order valence-electron chi connectivity index (χ3n) is 4.22. The average Bonchev–Trinajstić information content (AvgIpc) is 3.06. The van der Waals surface area contributed by atoms with Crippen LogP contribution < -0.4 is 10.1 Å². The minimum absolute atomic E-state index is 0.187. The summed E-state index contributed by atoms with van der Waals surface area (Å²) in [6.07, 6.45) is 3.42. The predicted molar refractivity (Wildman–Crippen MR) is 93.9 cm³/mol. The highest BCUT2D eigenvalue weighted by Crippen LogP contribution is 2.44. The maximum absolute atomic E-state index is 13.0. The molecule has 0 spiro atoms. The number of amides is 1. The topological polar surface area (TPSA) is 64.4 Å².